The van der Waals surface area contributed by atoms with Crippen molar-refractivity contribution in [3.05, 3.63) is 51.9 Å². The van der Waals surface area contributed by atoms with Gasteiger partial charge in [-0.15, -0.1) is 0 Å². The lowest BCUT2D eigenvalue weighted by Gasteiger charge is -1.96. The third-order valence-corrected chi connectivity index (χ3v) is 3.30. The maximum atomic E-state index is 11.9. The number of carbonyl (C=O) groups is 1. The summed E-state index contributed by atoms with van der Waals surface area (Å²) in [6, 6.07) is 9.51. The molecule has 18 heavy (non-hydrogen) atoms. The Balaban J connectivity index is 2.12. The number of furan rings is 1. The van der Waals surface area contributed by atoms with Gasteiger partial charge in [-0.25, -0.2) is 0 Å². The maximum Gasteiger partial charge on any atom is 0.256 e. The number of para-hydroxylation sites is 1. The van der Waals surface area contributed by atoms with Gasteiger partial charge < -0.3 is 9.73 Å². The van der Waals surface area contributed by atoms with Crippen molar-refractivity contribution in [2.75, 3.05) is 5.32 Å². The Labute approximate surface area is 113 Å². The van der Waals surface area contributed by atoms with Crippen LogP contribution < -0.4 is 5.32 Å². The molecule has 1 aliphatic heterocycles. The van der Waals surface area contributed by atoms with Gasteiger partial charge in [-0.2, -0.15) is 0 Å². The quantitative estimate of drug-likeness (QED) is 0.813. The number of anilines is 1. The normalized spacial score (nSPS) is 15.9. The van der Waals surface area contributed by atoms with Crippen molar-refractivity contribution >= 4 is 39.2 Å². The van der Waals surface area contributed by atoms with E-state index in [2.05, 4.69) is 21.2 Å². The smallest absolute Gasteiger partial charge is 0.256 e. The van der Waals surface area contributed by atoms with E-state index in [0.29, 0.717) is 16.0 Å². The minimum Gasteiger partial charge on any atom is -0.450 e. The van der Waals surface area contributed by atoms with Gasteiger partial charge in [0.25, 0.3) is 5.91 Å². The molecule has 1 amide bonds. The van der Waals surface area contributed by atoms with E-state index >= 15 is 0 Å². The predicted molar refractivity (Wildman–Crippen MR) is 74.1 cm³/mol. The molecule has 1 aromatic heterocycles. The van der Waals surface area contributed by atoms with E-state index in [-0.39, 0.29) is 5.91 Å². The van der Waals surface area contributed by atoms with Crippen molar-refractivity contribution in [2.45, 2.75) is 6.92 Å². The molecule has 0 saturated heterocycles. The molecule has 4 heteroatoms. The number of rotatable bonds is 1. The standard InChI is InChI=1S/C14H10BrNO2/c1-8-6-13(15)18-12(8)7-10-9-4-2-3-5-11(9)16-14(10)17/h2-7H,1H3,(H,16,17)/b10-7-. The van der Waals surface area contributed by atoms with Crippen molar-refractivity contribution in [2.24, 2.45) is 0 Å². The van der Waals surface area contributed by atoms with Crippen LogP contribution in [0.4, 0.5) is 5.69 Å². The molecule has 0 radical (unpaired) electrons. The number of amides is 1. The van der Waals surface area contributed by atoms with E-state index in [9.17, 15) is 4.79 Å². The highest BCUT2D eigenvalue weighted by molar-refractivity contribution is 9.10. The Kier molecular flexibility index (Phi) is 2.59. The molecule has 1 aromatic carbocycles. The molecule has 0 fully saturated rings. The SMILES string of the molecule is Cc1cc(Br)oc1/C=C1\C(=O)Nc2ccccc21. The zero-order chi connectivity index (χ0) is 12.7. The second kappa shape index (κ2) is 4.14. The van der Waals surface area contributed by atoms with Crippen LogP contribution in [0.25, 0.3) is 11.6 Å². The van der Waals surface area contributed by atoms with Gasteiger partial charge in [0.2, 0.25) is 0 Å². The molecule has 0 unspecified atom stereocenters. The summed E-state index contributed by atoms with van der Waals surface area (Å²) in [4.78, 5) is 11.9. The Hall–Kier alpha value is -1.81. The molecular formula is C14H10BrNO2. The third-order valence-electron chi connectivity index (χ3n) is 2.91. The number of carbonyl (C=O) groups excluding carboxylic acids is 1. The van der Waals surface area contributed by atoms with Crippen LogP contribution in [0.15, 0.2) is 39.4 Å². The number of benzene rings is 1. The number of hydrogen-bond acceptors (Lipinski definition) is 2. The second-order valence-corrected chi connectivity index (χ2v) is 4.94. The molecular weight excluding hydrogens is 294 g/mol. The summed E-state index contributed by atoms with van der Waals surface area (Å²) in [5.41, 5.74) is 3.38. The van der Waals surface area contributed by atoms with E-state index < -0.39 is 0 Å². The molecule has 90 valence electrons. The average Bonchev–Trinajstić information content (AvgIpc) is 2.81. The van der Waals surface area contributed by atoms with Crippen LogP contribution in [0, 0.1) is 6.92 Å². The highest BCUT2D eigenvalue weighted by Gasteiger charge is 2.24. The maximum absolute atomic E-state index is 11.9. The van der Waals surface area contributed by atoms with Gasteiger partial charge in [0.05, 0.1) is 5.57 Å². The Bertz CT molecular complexity index is 670. The fourth-order valence-corrected chi connectivity index (χ4v) is 2.53. The minimum absolute atomic E-state index is 0.0943. The fourth-order valence-electron chi connectivity index (χ4n) is 2.01. The second-order valence-electron chi connectivity index (χ2n) is 4.16. The fraction of sp³-hybridized carbons (Fsp3) is 0.0714. The molecule has 0 aliphatic carbocycles. The molecule has 0 spiro atoms. The summed E-state index contributed by atoms with van der Waals surface area (Å²) in [7, 11) is 0. The van der Waals surface area contributed by atoms with Crippen LogP contribution >= 0.6 is 15.9 Å². The van der Waals surface area contributed by atoms with Crippen LogP contribution in [-0.4, -0.2) is 5.91 Å². The first-order valence-electron chi connectivity index (χ1n) is 5.53. The van der Waals surface area contributed by atoms with E-state index in [1.54, 1.807) is 6.08 Å². The van der Waals surface area contributed by atoms with Crippen LogP contribution in [0.5, 0.6) is 0 Å². The van der Waals surface area contributed by atoms with E-state index in [0.717, 1.165) is 16.8 Å². The van der Waals surface area contributed by atoms with Crippen LogP contribution in [0.2, 0.25) is 0 Å². The van der Waals surface area contributed by atoms with Gasteiger partial charge in [-0.1, -0.05) is 18.2 Å². The van der Waals surface area contributed by atoms with Crippen molar-refractivity contribution in [1.29, 1.82) is 0 Å². The van der Waals surface area contributed by atoms with Gasteiger partial charge in [0, 0.05) is 11.3 Å². The summed E-state index contributed by atoms with van der Waals surface area (Å²) in [5, 5.41) is 2.83. The van der Waals surface area contributed by atoms with Crippen LogP contribution in [0.3, 0.4) is 0 Å². The minimum atomic E-state index is -0.0943. The van der Waals surface area contributed by atoms with E-state index in [1.165, 1.54) is 0 Å². The highest BCUT2D eigenvalue weighted by Crippen LogP contribution is 2.33. The molecule has 1 N–H and O–H groups in total. The lowest BCUT2D eigenvalue weighted by molar-refractivity contribution is -0.110. The molecule has 2 heterocycles. The van der Waals surface area contributed by atoms with Crippen LogP contribution in [-0.2, 0) is 4.79 Å². The molecule has 1 aliphatic rings. The first kappa shape index (κ1) is 11.3. The molecule has 0 saturated carbocycles. The summed E-state index contributed by atoms with van der Waals surface area (Å²) < 4.78 is 6.17. The largest absolute Gasteiger partial charge is 0.450 e. The average molecular weight is 304 g/mol. The molecule has 2 aromatic rings. The van der Waals surface area contributed by atoms with E-state index in [4.69, 9.17) is 4.42 Å². The van der Waals surface area contributed by atoms with Gasteiger partial charge in [-0.3, -0.25) is 4.79 Å². The van der Waals surface area contributed by atoms with Gasteiger partial charge in [-0.05, 0) is 46.6 Å². The van der Waals surface area contributed by atoms with Crippen molar-refractivity contribution in [3.8, 4) is 0 Å². The van der Waals surface area contributed by atoms with Crippen LogP contribution in [0.1, 0.15) is 16.9 Å². The Morgan fingerprint density at radius 3 is 2.83 bits per heavy atom. The van der Waals surface area contributed by atoms with Gasteiger partial charge in [0.15, 0.2) is 4.67 Å². The Morgan fingerprint density at radius 1 is 1.33 bits per heavy atom. The summed E-state index contributed by atoms with van der Waals surface area (Å²) in [6.07, 6.45) is 1.78. The highest BCUT2D eigenvalue weighted by atomic mass is 79.9. The number of nitrogens with one attached hydrogen (secondary N) is 1. The number of halogens is 1. The zero-order valence-electron chi connectivity index (χ0n) is 9.66. The lowest BCUT2D eigenvalue weighted by Crippen LogP contribution is -2.03. The number of aryl methyl sites for hydroxylation is 1. The number of fused-ring (bicyclic) bond motifs is 1. The van der Waals surface area contributed by atoms with Crippen molar-refractivity contribution in [1.82, 2.24) is 0 Å². The Morgan fingerprint density at radius 2 is 2.11 bits per heavy atom. The van der Waals surface area contributed by atoms with E-state index in [1.807, 2.05) is 37.3 Å². The van der Waals surface area contributed by atoms with Gasteiger partial charge in [0.1, 0.15) is 5.76 Å². The summed E-state index contributed by atoms with van der Waals surface area (Å²) in [6.45, 7) is 1.94. The first-order valence-corrected chi connectivity index (χ1v) is 6.33. The molecule has 3 rings (SSSR count). The topological polar surface area (TPSA) is 42.2 Å². The molecule has 0 atom stereocenters. The summed E-state index contributed by atoms with van der Waals surface area (Å²) in [5.74, 6) is 0.604. The third kappa shape index (κ3) is 1.78. The number of hydrogen-bond donors (Lipinski definition) is 1. The lowest BCUT2D eigenvalue weighted by atomic mass is 10.1. The summed E-state index contributed by atoms with van der Waals surface area (Å²) >= 11 is 3.28. The molecule has 0 bridgehead atoms. The first-order chi connectivity index (χ1) is 8.65. The molecule has 3 nitrogen and oxygen atoms in total. The monoisotopic (exact) mass is 303 g/mol. The van der Waals surface area contributed by atoms with Crippen molar-refractivity contribution < 1.29 is 9.21 Å². The predicted octanol–water partition coefficient (Wildman–Crippen LogP) is 3.84. The zero-order valence-corrected chi connectivity index (χ0v) is 11.2. The van der Waals surface area contributed by atoms with Crippen molar-refractivity contribution in [3.63, 3.8) is 0 Å². The van der Waals surface area contributed by atoms with Gasteiger partial charge >= 0.3 is 0 Å².